The highest BCUT2D eigenvalue weighted by Gasteiger charge is 2.28. The Morgan fingerprint density at radius 1 is 1.30 bits per heavy atom. The molecule has 1 aromatic carbocycles. The third-order valence-electron chi connectivity index (χ3n) is 3.60. The van der Waals surface area contributed by atoms with Gasteiger partial charge in [0.05, 0.1) is 18.1 Å². The standard InChI is InChI=1S/C15H21N3O4S/c1-2-11-4-3-5-12(8-11)18-15(20)16-9-14(19)17-13-6-7-23(21,22)10-13/h3-5,8,13H,2,6-7,9-10H2,1H3,(H,17,19)(H2,16,18,20)/t13-/m1/s1. The SMILES string of the molecule is CCc1cccc(NC(=O)NCC(=O)N[C@@H]2CCS(=O)(=O)C2)c1. The summed E-state index contributed by atoms with van der Waals surface area (Å²) in [5.41, 5.74) is 1.76. The zero-order chi connectivity index (χ0) is 16.9. The summed E-state index contributed by atoms with van der Waals surface area (Å²) in [7, 11) is -3.03. The van der Waals surface area contributed by atoms with Crippen LogP contribution in [0.4, 0.5) is 10.5 Å². The van der Waals surface area contributed by atoms with Gasteiger partial charge >= 0.3 is 6.03 Å². The molecule has 1 aromatic rings. The van der Waals surface area contributed by atoms with Crippen molar-refractivity contribution < 1.29 is 18.0 Å². The number of nitrogens with one attached hydrogen (secondary N) is 3. The predicted octanol–water partition coefficient (Wildman–Crippen LogP) is 0.674. The van der Waals surface area contributed by atoms with Crippen LogP contribution < -0.4 is 16.0 Å². The van der Waals surface area contributed by atoms with Crippen molar-refractivity contribution in [3.63, 3.8) is 0 Å². The van der Waals surface area contributed by atoms with Crippen LogP contribution in [0.5, 0.6) is 0 Å². The first-order chi connectivity index (χ1) is 10.9. The molecule has 0 spiro atoms. The quantitative estimate of drug-likeness (QED) is 0.733. The molecule has 1 aliphatic heterocycles. The fourth-order valence-corrected chi connectivity index (χ4v) is 4.07. The molecule has 0 aliphatic carbocycles. The molecule has 23 heavy (non-hydrogen) atoms. The zero-order valence-corrected chi connectivity index (χ0v) is 13.8. The van der Waals surface area contributed by atoms with Crippen molar-refractivity contribution in [2.45, 2.75) is 25.8 Å². The number of benzene rings is 1. The van der Waals surface area contributed by atoms with Crippen LogP contribution in [-0.2, 0) is 21.1 Å². The van der Waals surface area contributed by atoms with Gasteiger partial charge in [-0.25, -0.2) is 13.2 Å². The number of carbonyl (C=O) groups is 2. The molecule has 3 amide bonds. The highest BCUT2D eigenvalue weighted by molar-refractivity contribution is 7.91. The van der Waals surface area contributed by atoms with Gasteiger partial charge in [-0.3, -0.25) is 4.79 Å². The lowest BCUT2D eigenvalue weighted by Crippen LogP contribution is -2.43. The number of rotatable bonds is 5. The van der Waals surface area contributed by atoms with Gasteiger partial charge in [0.1, 0.15) is 0 Å². The smallest absolute Gasteiger partial charge is 0.319 e. The van der Waals surface area contributed by atoms with Crippen LogP contribution >= 0.6 is 0 Å². The highest BCUT2D eigenvalue weighted by atomic mass is 32.2. The van der Waals surface area contributed by atoms with Crippen LogP contribution in [0, 0.1) is 0 Å². The summed E-state index contributed by atoms with van der Waals surface area (Å²) in [5, 5.41) is 7.72. The van der Waals surface area contributed by atoms with E-state index in [4.69, 9.17) is 0 Å². The minimum absolute atomic E-state index is 0.0330. The molecule has 0 aromatic heterocycles. The second-order valence-corrected chi connectivity index (χ2v) is 7.76. The minimum Gasteiger partial charge on any atom is -0.351 e. The van der Waals surface area contributed by atoms with Crippen molar-refractivity contribution in [1.82, 2.24) is 10.6 Å². The second-order valence-electron chi connectivity index (χ2n) is 5.53. The Morgan fingerprint density at radius 3 is 2.74 bits per heavy atom. The fourth-order valence-electron chi connectivity index (χ4n) is 2.39. The van der Waals surface area contributed by atoms with Crippen LogP contribution in [0.1, 0.15) is 18.9 Å². The molecule has 0 saturated carbocycles. The Hall–Kier alpha value is -2.09. The van der Waals surface area contributed by atoms with Crippen molar-refractivity contribution >= 4 is 27.5 Å². The fraction of sp³-hybridized carbons (Fsp3) is 0.467. The van der Waals surface area contributed by atoms with Gasteiger partial charge in [-0.2, -0.15) is 0 Å². The number of aryl methyl sites for hydroxylation is 1. The Kier molecular flexibility index (Phi) is 5.59. The first kappa shape index (κ1) is 17.3. The van der Waals surface area contributed by atoms with E-state index in [0.29, 0.717) is 12.1 Å². The van der Waals surface area contributed by atoms with Crippen molar-refractivity contribution in [2.24, 2.45) is 0 Å². The van der Waals surface area contributed by atoms with Gasteiger partial charge < -0.3 is 16.0 Å². The van der Waals surface area contributed by atoms with Gasteiger partial charge in [-0.05, 0) is 30.5 Å². The summed E-state index contributed by atoms with van der Waals surface area (Å²) in [6.45, 7) is 1.82. The molecule has 1 heterocycles. The lowest BCUT2D eigenvalue weighted by Gasteiger charge is -2.12. The van der Waals surface area contributed by atoms with Crippen molar-refractivity contribution in [3.8, 4) is 0 Å². The maximum absolute atomic E-state index is 11.8. The van der Waals surface area contributed by atoms with E-state index in [1.807, 2.05) is 25.1 Å². The van der Waals surface area contributed by atoms with Crippen LogP contribution in [0.15, 0.2) is 24.3 Å². The van der Waals surface area contributed by atoms with Gasteiger partial charge in [0.15, 0.2) is 9.84 Å². The first-order valence-electron chi connectivity index (χ1n) is 7.51. The number of urea groups is 1. The predicted molar refractivity (Wildman–Crippen MR) is 88.0 cm³/mol. The molecule has 3 N–H and O–H groups in total. The van der Waals surface area contributed by atoms with Gasteiger partial charge in [0.2, 0.25) is 5.91 Å². The topological polar surface area (TPSA) is 104 Å². The van der Waals surface area contributed by atoms with Gasteiger partial charge in [-0.15, -0.1) is 0 Å². The van der Waals surface area contributed by atoms with E-state index in [-0.39, 0.29) is 24.1 Å². The van der Waals surface area contributed by atoms with Crippen molar-refractivity contribution in [1.29, 1.82) is 0 Å². The van der Waals surface area contributed by atoms with E-state index in [0.717, 1.165) is 12.0 Å². The maximum Gasteiger partial charge on any atom is 0.319 e. The average molecular weight is 339 g/mol. The number of hydrogen-bond donors (Lipinski definition) is 3. The molecular formula is C15H21N3O4S. The summed E-state index contributed by atoms with van der Waals surface area (Å²) in [5.74, 6) is -0.335. The summed E-state index contributed by atoms with van der Waals surface area (Å²) >= 11 is 0. The molecule has 1 fully saturated rings. The summed E-state index contributed by atoms with van der Waals surface area (Å²) < 4.78 is 22.6. The number of amides is 3. The van der Waals surface area contributed by atoms with Crippen LogP contribution in [-0.4, -0.2) is 44.4 Å². The van der Waals surface area contributed by atoms with E-state index < -0.39 is 21.8 Å². The maximum atomic E-state index is 11.8. The van der Waals surface area contributed by atoms with E-state index in [1.54, 1.807) is 6.07 Å². The van der Waals surface area contributed by atoms with E-state index >= 15 is 0 Å². The minimum atomic E-state index is -3.03. The lowest BCUT2D eigenvalue weighted by atomic mass is 10.1. The molecule has 7 nitrogen and oxygen atoms in total. The molecule has 0 unspecified atom stereocenters. The molecule has 2 rings (SSSR count). The van der Waals surface area contributed by atoms with Crippen molar-refractivity contribution in [3.05, 3.63) is 29.8 Å². The molecule has 126 valence electrons. The second kappa shape index (κ2) is 7.45. The molecule has 0 radical (unpaired) electrons. The van der Waals surface area contributed by atoms with E-state index in [1.165, 1.54) is 0 Å². The van der Waals surface area contributed by atoms with E-state index in [9.17, 15) is 18.0 Å². The van der Waals surface area contributed by atoms with Crippen LogP contribution in [0.3, 0.4) is 0 Å². The Morgan fingerprint density at radius 2 is 2.09 bits per heavy atom. The number of anilines is 1. The Labute approximate surface area is 135 Å². The zero-order valence-electron chi connectivity index (χ0n) is 13.0. The molecule has 1 atom stereocenters. The molecule has 1 aliphatic rings. The van der Waals surface area contributed by atoms with Gasteiger partial charge in [0.25, 0.3) is 0 Å². The molecule has 8 heteroatoms. The van der Waals surface area contributed by atoms with Gasteiger partial charge in [0, 0.05) is 11.7 Å². The number of carbonyl (C=O) groups excluding carboxylic acids is 2. The monoisotopic (exact) mass is 339 g/mol. The molecule has 0 bridgehead atoms. The lowest BCUT2D eigenvalue weighted by molar-refractivity contribution is -0.120. The van der Waals surface area contributed by atoms with Crippen LogP contribution in [0.25, 0.3) is 0 Å². The summed E-state index contributed by atoms with van der Waals surface area (Å²) in [6, 6.07) is 6.60. The van der Waals surface area contributed by atoms with Crippen molar-refractivity contribution in [2.75, 3.05) is 23.4 Å². The average Bonchev–Trinajstić information content (AvgIpc) is 2.84. The summed E-state index contributed by atoms with van der Waals surface area (Å²) in [4.78, 5) is 23.5. The molecular weight excluding hydrogens is 318 g/mol. The molecule has 1 saturated heterocycles. The summed E-state index contributed by atoms with van der Waals surface area (Å²) in [6.07, 6.45) is 1.29. The Balaban J connectivity index is 1.74. The third kappa shape index (κ3) is 5.55. The van der Waals surface area contributed by atoms with E-state index in [2.05, 4.69) is 16.0 Å². The van der Waals surface area contributed by atoms with Crippen LogP contribution in [0.2, 0.25) is 0 Å². The highest BCUT2D eigenvalue weighted by Crippen LogP contribution is 2.11. The van der Waals surface area contributed by atoms with Gasteiger partial charge in [-0.1, -0.05) is 19.1 Å². The number of hydrogen-bond acceptors (Lipinski definition) is 4. The number of sulfone groups is 1. The third-order valence-corrected chi connectivity index (χ3v) is 5.37. The first-order valence-corrected chi connectivity index (χ1v) is 9.33. The Bertz CT molecular complexity index is 688. The largest absolute Gasteiger partial charge is 0.351 e. The normalized spacial score (nSPS) is 19.1.